The minimum atomic E-state index is -0.394. The van der Waals surface area contributed by atoms with Crippen LogP contribution in [0.25, 0.3) is 0 Å². The molecule has 0 N–H and O–H groups in total. The van der Waals surface area contributed by atoms with Gasteiger partial charge in [0.1, 0.15) is 9.88 Å². The number of thiazole rings is 1. The Morgan fingerprint density at radius 2 is 2.00 bits per heavy atom. The van der Waals surface area contributed by atoms with Crippen LogP contribution in [-0.2, 0) is 4.79 Å². The number of likely N-dealkylation sites (tertiary alicyclic amines) is 1. The fraction of sp³-hybridized carbons (Fsp3) is 0.688. The lowest BCUT2D eigenvalue weighted by molar-refractivity contribution is -0.143. The molecule has 22 heavy (non-hydrogen) atoms. The Bertz CT molecular complexity index is 560. The molecule has 2 heterocycles. The molecule has 1 saturated heterocycles. The average Bonchev–Trinajstić information content (AvgIpc) is 2.94. The summed E-state index contributed by atoms with van der Waals surface area (Å²) in [5, 5.41) is 0.877. The zero-order valence-electron chi connectivity index (χ0n) is 14.0. The second-order valence-electron chi connectivity index (χ2n) is 7.02. The topological polar surface area (TPSA) is 53.5 Å². The first-order valence-electron chi connectivity index (χ1n) is 7.70. The Hall–Kier alpha value is -1.43. The number of amides is 2. The molecule has 0 saturated carbocycles. The molecule has 2 rings (SSSR count). The van der Waals surface area contributed by atoms with Crippen molar-refractivity contribution in [2.24, 2.45) is 5.41 Å². The molecule has 0 radical (unpaired) electrons. The Balaban J connectivity index is 2.25. The summed E-state index contributed by atoms with van der Waals surface area (Å²) in [5.41, 5.74) is -0.394. The molecule has 0 aliphatic carbocycles. The van der Waals surface area contributed by atoms with Crippen molar-refractivity contribution in [2.45, 2.75) is 46.1 Å². The van der Waals surface area contributed by atoms with Crippen molar-refractivity contribution in [3.8, 4) is 0 Å². The van der Waals surface area contributed by atoms with E-state index < -0.39 is 5.41 Å². The van der Waals surface area contributed by atoms with Crippen LogP contribution in [0.5, 0.6) is 0 Å². The number of hydrogen-bond donors (Lipinski definition) is 0. The summed E-state index contributed by atoms with van der Waals surface area (Å²) in [6.07, 6.45) is 4.68. The third-order valence-corrected chi connectivity index (χ3v) is 4.92. The van der Waals surface area contributed by atoms with Crippen LogP contribution < -0.4 is 0 Å². The monoisotopic (exact) mass is 323 g/mol. The minimum absolute atomic E-state index is 0.00851. The van der Waals surface area contributed by atoms with Gasteiger partial charge in [-0.2, -0.15) is 0 Å². The Morgan fingerprint density at radius 3 is 2.59 bits per heavy atom. The van der Waals surface area contributed by atoms with Crippen molar-refractivity contribution >= 4 is 23.2 Å². The van der Waals surface area contributed by atoms with Gasteiger partial charge < -0.3 is 9.80 Å². The normalized spacial score (nSPS) is 19.1. The third-order valence-electron chi connectivity index (χ3n) is 3.83. The fourth-order valence-corrected chi connectivity index (χ4v) is 3.71. The second kappa shape index (κ2) is 6.36. The number of piperidine rings is 1. The zero-order chi connectivity index (χ0) is 16.5. The molecule has 1 aliphatic heterocycles. The fourth-order valence-electron chi connectivity index (χ4n) is 2.62. The molecular weight excluding hydrogens is 298 g/mol. The first kappa shape index (κ1) is 16.9. The maximum absolute atomic E-state index is 12.7. The first-order chi connectivity index (χ1) is 10.2. The van der Waals surface area contributed by atoms with Gasteiger partial charge in [-0.3, -0.25) is 9.59 Å². The van der Waals surface area contributed by atoms with Gasteiger partial charge in [-0.15, -0.1) is 11.3 Å². The van der Waals surface area contributed by atoms with E-state index in [1.54, 1.807) is 25.2 Å². The minimum Gasteiger partial charge on any atom is -0.344 e. The molecule has 1 aliphatic rings. The average molecular weight is 323 g/mol. The molecule has 0 bridgehead atoms. The molecule has 5 nitrogen and oxygen atoms in total. The zero-order valence-corrected chi connectivity index (χ0v) is 14.9. The van der Waals surface area contributed by atoms with Crippen LogP contribution in [0.4, 0.5) is 0 Å². The van der Waals surface area contributed by atoms with Crippen LogP contribution >= 0.6 is 11.3 Å². The van der Waals surface area contributed by atoms with Gasteiger partial charge in [0.2, 0.25) is 5.91 Å². The van der Waals surface area contributed by atoms with Gasteiger partial charge in [0, 0.05) is 26.1 Å². The lowest BCUT2D eigenvalue weighted by atomic mass is 9.91. The first-order valence-corrected chi connectivity index (χ1v) is 8.52. The molecule has 122 valence electrons. The van der Waals surface area contributed by atoms with Crippen LogP contribution in [0.2, 0.25) is 0 Å². The maximum Gasteiger partial charge on any atom is 0.265 e. The summed E-state index contributed by atoms with van der Waals surface area (Å²) in [4.78, 5) is 33.3. The summed E-state index contributed by atoms with van der Waals surface area (Å²) in [6.45, 7) is 6.62. The molecule has 1 aromatic heterocycles. The number of hydrogen-bond acceptors (Lipinski definition) is 4. The van der Waals surface area contributed by atoms with E-state index in [2.05, 4.69) is 4.98 Å². The predicted molar refractivity (Wildman–Crippen MR) is 87.9 cm³/mol. The van der Waals surface area contributed by atoms with Crippen molar-refractivity contribution < 1.29 is 9.59 Å². The van der Waals surface area contributed by atoms with Crippen molar-refractivity contribution in [3.63, 3.8) is 0 Å². The molecule has 1 fully saturated rings. The van der Waals surface area contributed by atoms with Crippen molar-refractivity contribution in [3.05, 3.63) is 16.1 Å². The van der Waals surface area contributed by atoms with E-state index in [1.807, 2.05) is 25.7 Å². The van der Waals surface area contributed by atoms with E-state index in [0.717, 1.165) is 30.8 Å². The third kappa shape index (κ3) is 3.48. The van der Waals surface area contributed by atoms with Gasteiger partial charge in [-0.05, 0) is 19.3 Å². The van der Waals surface area contributed by atoms with E-state index in [1.165, 1.54) is 11.3 Å². The van der Waals surface area contributed by atoms with Crippen molar-refractivity contribution in [2.75, 3.05) is 20.6 Å². The van der Waals surface area contributed by atoms with Gasteiger partial charge in [0.05, 0.1) is 12.2 Å². The highest BCUT2D eigenvalue weighted by Crippen LogP contribution is 2.36. The maximum atomic E-state index is 12.7. The van der Waals surface area contributed by atoms with Gasteiger partial charge in [0.25, 0.3) is 5.91 Å². The number of carbonyl (C=O) groups is 2. The van der Waals surface area contributed by atoms with E-state index in [9.17, 15) is 9.59 Å². The van der Waals surface area contributed by atoms with Crippen molar-refractivity contribution in [1.82, 2.24) is 14.8 Å². The highest BCUT2D eigenvalue weighted by atomic mass is 32.1. The number of aromatic nitrogens is 1. The Labute approximate surface area is 136 Å². The van der Waals surface area contributed by atoms with E-state index in [0.29, 0.717) is 4.88 Å². The predicted octanol–water partition coefficient (Wildman–Crippen LogP) is 2.94. The summed E-state index contributed by atoms with van der Waals surface area (Å²) >= 11 is 1.41. The van der Waals surface area contributed by atoms with Crippen LogP contribution in [0.3, 0.4) is 0 Å². The smallest absolute Gasteiger partial charge is 0.265 e. The van der Waals surface area contributed by atoms with Gasteiger partial charge in [-0.1, -0.05) is 20.8 Å². The molecule has 1 aromatic rings. The van der Waals surface area contributed by atoms with Crippen LogP contribution in [-0.4, -0.2) is 47.2 Å². The molecule has 0 spiro atoms. The molecule has 1 atom stereocenters. The molecule has 0 unspecified atom stereocenters. The van der Waals surface area contributed by atoms with Gasteiger partial charge in [-0.25, -0.2) is 4.98 Å². The lowest BCUT2D eigenvalue weighted by Crippen LogP contribution is -2.44. The molecule has 6 heteroatoms. The van der Waals surface area contributed by atoms with Gasteiger partial charge in [0.15, 0.2) is 0 Å². The van der Waals surface area contributed by atoms with Crippen LogP contribution in [0, 0.1) is 5.41 Å². The summed E-state index contributed by atoms with van der Waals surface area (Å²) in [6, 6.07) is 0.00851. The largest absolute Gasteiger partial charge is 0.344 e. The summed E-state index contributed by atoms with van der Waals surface area (Å²) in [5.74, 6) is 0.126. The van der Waals surface area contributed by atoms with E-state index in [4.69, 9.17) is 0 Å². The number of rotatable bonds is 2. The van der Waals surface area contributed by atoms with Crippen LogP contribution in [0.1, 0.15) is 60.8 Å². The standard InChI is InChI=1S/C16H25N3O2S/c1-16(2,3)15(21)19-9-7-6-8-11(19)13-17-10-12(22-13)14(20)18(4)5/h10-11H,6-9H2,1-5H3/t11-/m1/s1. The van der Waals surface area contributed by atoms with Crippen LogP contribution in [0.15, 0.2) is 6.20 Å². The number of nitrogens with zero attached hydrogens (tertiary/aromatic N) is 3. The summed E-state index contributed by atoms with van der Waals surface area (Å²) < 4.78 is 0. The Morgan fingerprint density at radius 1 is 1.32 bits per heavy atom. The van der Waals surface area contributed by atoms with Gasteiger partial charge >= 0.3 is 0 Å². The number of carbonyl (C=O) groups excluding carboxylic acids is 2. The van der Waals surface area contributed by atoms with E-state index >= 15 is 0 Å². The molecule has 2 amide bonds. The Kier molecular flexibility index (Phi) is 4.90. The highest BCUT2D eigenvalue weighted by molar-refractivity contribution is 7.13. The van der Waals surface area contributed by atoms with E-state index in [-0.39, 0.29) is 17.9 Å². The second-order valence-corrected chi connectivity index (χ2v) is 8.08. The molecule has 0 aromatic carbocycles. The van der Waals surface area contributed by atoms with Crippen molar-refractivity contribution in [1.29, 1.82) is 0 Å². The summed E-state index contributed by atoms with van der Waals surface area (Å²) in [7, 11) is 3.47. The quantitative estimate of drug-likeness (QED) is 0.841. The lowest BCUT2D eigenvalue weighted by Gasteiger charge is -2.38. The molecular formula is C16H25N3O2S. The highest BCUT2D eigenvalue weighted by Gasteiger charge is 2.35. The SMILES string of the molecule is CN(C)C(=O)c1cnc([C@H]2CCCCN2C(=O)C(C)(C)C)s1.